The summed E-state index contributed by atoms with van der Waals surface area (Å²) in [6, 6.07) is 8.16. The van der Waals surface area contributed by atoms with Crippen molar-refractivity contribution in [3.8, 4) is 0 Å². The van der Waals surface area contributed by atoms with Crippen molar-refractivity contribution in [3.05, 3.63) is 53.3 Å². The van der Waals surface area contributed by atoms with Crippen molar-refractivity contribution in [1.82, 2.24) is 4.98 Å². The quantitative estimate of drug-likeness (QED) is 0.903. The Hall–Kier alpha value is -1.92. The molecule has 20 heavy (non-hydrogen) atoms. The van der Waals surface area contributed by atoms with Gasteiger partial charge in [-0.1, -0.05) is 12.1 Å². The molecule has 1 heterocycles. The van der Waals surface area contributed by atoms with Crippen LogP contribution in [0.25, 0.3) is 0 Å². The number of pyridine rings is 1. The molecule has 0 aliphatic carbocycles. The summed E-state index contributed by atoms with van der Waals surface area (Å²) in [5.41, 5.74) is 2.19. The number of rotatable bonds is 4. The Morgan fingerprint density at radius 1 is 1.20 bits per heavy atom. The summed E-state index contributed by atoms with van der Waals surface area (Å²) in [6.45, 7) is 3.21. The highest BCUT2D eigenvalue weighted by atomic mass is 32.2. The number of sulfonamides is 1. The first-order chi connectivity index (χ1) is 9.45. The Morgan fingerprint density at radius 3 is 2.60 bits per heavy atom. The maximum Gasteiger partial charge on any atom is 0.262 e. The van der Waals surface area contributed by atoms with Crippen molar-refractivity contribution in [3.63, 3.8) is 0 Å². The lowest BCUT2D eigenvalue weighted by molar-refractivity contribution is 0.280. The van der Waals surface area contributed by atoms with E-state index in [1.54, 1.807) is 44.3 Å². The molecule has 0 atom stereocenters. The number of aliphatic hydroxyl groups is 1. The largest absolute Gasteiger partial charge is 0.392 e. The fraction of sp³-hybridized carbons (Fsp3) is 0.214. The number of anilines is 1. The van der Waals surface area contributed by atoms with E-state index in [9.17, 15) is 13.5 Å². The molecule has 2 N–H and O–H groups in total. The third kappa shape index (κ3) is 2.81. The second kappa shape index (κ2) is 5.60. The number of aromatic nitrogens is 1. The minimum atomic E-state index is -3.70. The van der Waals surface area contributed by atoms with Crippen LogP contribution in [0.4, 0.5) is 5.69 Å². The van der Waals surface area contributed by atoms with Crippen molar-refractivity contribution in [2.45, 2.75) is 25.3 Å². The summed E-state index contributed by atoms with van der Waals surface area (Å²) in [7, 11) is -3.70. The molecule has 0 spiro atoms. The molecule has 0 bridgehead atoms. The topological polar surface area (TPSA) is 79.3 Å². The van der Waals surface area contributed by atoms with Crippen LogP contribution >= 0.6 is 0 Å². The molecule has 0 radical (unpaired) electrons. The van der Waals surface area contributed by atoms with Crippen LogP contribution in [0.15, 0.2) is 41.4 Å². The van der Waals surface area contributed by atoms with E-state index in [2.05, 4.69) is 9.71 Å². The van der Waals surface area contributed by atoms with E-state index in [1.165, 1.54) is 6.07 Å². The fourth-order valence-corrected chi connectivity index (χ4v) is 3.32. The van der Waals surface area contributed by atoms with Gasteiger partial charge in [-0.05, 0) is 43.2 Å². The van der Waals surface area contributed by atoms with E-state index >= 15 is 0 Å². The van der Waals surface area contributed by atoms with Crippen LogP contribution in [0.1, 0.15) is 16.8 Å². The molecule has 6 heteroatoms. The standard InChI is InChI=1S/C14H16N2O3S/c1-10-12(9-17)5-3-7-14(10)20(18,19)16-13-6-4-8-15-11(13)2/h3-8,16-17H,9H2,1-2H3. The fourth-order valence-electron chi connectivity index (χ4n) is 1.91. The molecule has 0 aliphatic heterocycles. The zero-order valence-corrected chi connectivity index (χ0v) is 12.1. The zero-order valence-electron chi connectivity index (χ0n) is 11.3. The Balaban J connectivity index is 2.44. The molecule has 0 saturated carbocycles. The van der Waals surface area contributed by atoms with E-state index in [1.807, 2.05) is 0 Å². The van der Waals surface area contributed by atoms with E-state index in [-0.39, 0.29) is 11.5 Å². The highest BCUT2D eigenvalue weighted by Gasteiger charge is 2.19. The Morgan fingerprint density at radius 2 is 1.95 bits per heavy atom. The second-order valence-corrected chi connectivity index (χ2v) is 6.09. The highest BCUT2D eigenvalue weighted by Crippen LogP contribution is 2.22. The molecule has 0 aliphatic rings. The van der Waals surface area contributed by atoms with Crippen LogP contribution in [-0.2, 0) is 16.6 Å². The lowest BCUT2D eigenvalue weighted by Crippen LogP contribution is -2.16. The van der Waals surface area contributed by atoms with Crippen molar-refractivity contribution in [2.75, 3.05) is 4.72 Å². The summed E-state index contributed by atoms with van der Waals surface area (Å²) in [5.74, 6) is 0. The molecule has 0 saturated heterocycles. The van der Waals surface area contributed by atoms with Crippen LogP contribution in [0.5, 0.6) is 0 Å². The van der Waals surface area contributed by atoms with E-state index in [0.717, 1.165) is 0 Å². The van der Waals surface area contributed by atoms with Gasteiger partial charge in [-0.15, -0.1) is 0 Å². The van der Waals surface area contributed by atoms with Gasteiger partial charge in [0.05, 0.1) is 22.9 Å². The number of nitrogens with zero attached hydrogens (tertiary/aromatic N) is 1. The SMILES string of the molecule is Cc1ncccc1NS(=O)(=O)c1cccc(CO)c1C. The highest BCUT2D eigenvalue weighted by molar-refractivity contribution is 7.92. The summed E-state index contributed by atoms with van der Waals surface area (Å²) in [6.07, 6.45) is 1.60. The van der Waals surface area contributed by atoms with Gasteiger partial charge in [0.15, 0.2) is 0 Å². The second-order valence-electron chi connectivity index (χ2n) is 4.44. The van der Waals surface area contributed by atoms with Crippen molar-refractivity contribution in [2.24, 2.45) is 0 Å². The van der Waals surface area contributed by atoms with Gasteiger partial charge in [-0.25, -0.2) is 8.42 Å². The van der Waals surface area contributed by atoms with Gasteiger partial charge in [0, 0.05) is 6.20 Å². The van der Waals surface area contributed by atoms with Crippen molar-refractivity contribution in [1.29, 1.82) is 0 Å². The first-order valence-electron chi connectivity index (χ1n) is 6.09. The maximum absolute atomic E-state index is 12.4. The molecule has 0 unspecified atom stereocenters. The average Bonchev–Trinajstić information content (AvgIpc) is 2.41. The van der Waals surface area contributed by atoms with Crippen LogP contribution < -0.4 is 4.72 Å². The summed E-state index contributed by atoms with van der Waals surface area (Å²) in [4.78, 5) is 4.21. The minimum absolute atomic E-state index is 0.160. The zero-order chi connectivity index (χ0) is 14.8. The van der Waals surface area contributed by atoms with E-state index in [0.29, 0.717) is 22.5 Å². The Bertz CT molecular complexity index is 727. The summed E-state index contributed by atoms with van der Waals surface area (Å²) in [5, 5.41) is 9.22. The van der Waals surface area contributed by atoms with Crippen molar-refractivity contribution < 1.29 is 13.5 Å². The number of hydrogen-bond acceptors (Lipinski definition) is 4. The summed E-state index contributed by atoms with van der Waals surface area (Å²) >= 11 is 0. The number of hydrogen-bond donors (Lipinski definition) is 2. The van der Waals surface area contributed by atoms with Gasteiger partial charge in [-0.3, -0.25) is 9.71 Å². The van der Waals surface area contributed by atoms with Gasteiger partial charge in [0.2, 0.25) is 0 Å². The molecule has 2 rings (SSSR count). The Kier molecular flexibility index (Phi) is 4.06. The van der Waals surface area contributed by atoms with Gasteiger partial charge in [0.1, 0.15) is 0 Å². The van der Waals surface area contributed by atoms with Crippen LogP contribution in [0.2, 0.25) is 0 Å². The average molecular weight is 292 g/mol. The number of aliphatic hydroxyl groups excluding tert-OH is 1. The molecule has 0 fully saturated rings. The van der Waals surface area contributed by atoms with Gasteiger partial charge < -0.3 is 5.11 Å². The lowest BCUT2D eigenvalue weighted by atomic mass is 10.1. The smallest absolute Gasteiger partial charge is 0.262 e. The molecule has 1 aromatic heterocycles. The molecule has 106 valence electrons. The summed E-state index contributed by atoms with van der Waals surface area (Å²) < 4.78 is 27.4. The first-order valence-corrected chi connectivity index (χ1v) is 7.58. The van der Waals surface area contributed by atoms with Crippen molar-refractivity contribution >= 4 is 15.7 Å². The van der Waals surface area contributed by atoms with Crippen LogP contribution in [0, 0.1) is 13.8 Å². The number of aryl methyl sites for hydroxylation is 1. The molecule has 0 amide bonds. The van der Waals surface area contributed by atoms with E-state index < -0.39 is 10.0 Å². The first kappa shape index (κ1) is 14.5. The molecular weight excluding hydrogens is 276 g/mol. The lowest BCUT2D eigenvalue weighted by Gasteiger charge is -2.13. The maximum atomic E-state index is 12.4. The third-order valence-corrected chi connectivity index (χ3v) is 4.62. The predicted molar refractivity (Wildman–Crippen MR) is 76.9 cm³/mol. The predicted octanol–water partition coefficient (Wildman–Crippen LogP) is 1.99. The minimum Gasteiger partial charge on any atom is -0.392 e. The van der Waals surface area contributed by atoms with Gasteiger partial charge >= 0.3 is 0 Å². The van der Waals surface area contributed by atoms with Crippen LogP contribution in [-0.4, -0.2) is 18.5 Å². The van der Waals surface area contributed by atoms with E-state index in [4.69, 9.17) is 0 Å². The number of benzene rings is 1. The molecular formula is C14H16N2O3S. The third-order valence-electron chi connectivity index (χ3n) is 3.11. The normalized spacial score (nSPS) is 11.3. The Labute approximate surface area is 118 Å². The van der Waals surface area contributed by atoms with Gasteiger partial charge in [-0.2, -0.15) is 0 Å². The monoisotopic (exact) mass is 292 g/mol. The number of nitrogens with one attached hydrogen (secondary N) is 1. The molecule has 5 nitrogen and oxygen atoms in total. The molecule has 2 aromatic rings. The van der Waals surface area contributed by atoms with Gasteiger partial charge in [0.25, 0.3) is 10.0 Å². The molecule has 1 aromatic carbocycles. The van der Waals surface area contributed by atoms with Crippen LogP contribution in [0.3, 0.4) is 0 Å².